The Morgan fingerprint density at radius 2 is 1.69 bits per heavy atom. The van der Waals surface area contributed by atoms with Crippen molar-refractivity contribution in [1.82, 2.24) is 30.4 Å². The smallest absolute Gasteiger partial charge is 0.407 e. The molecular formula is C38H37Cl3N6O5. The summed E-state index contributed by atoms with van der Waals surface area (Å²) in [6, 6.07) is 14.9. The van der Waals surface area contributed by atoms with Crippen LogP contribution in [-0.4, -0.2) is 81.6 Å². The number of nitrogens with one attached hydrogen (secondary N) is 2. The van der Waals surface area contributed by atoms with Crippen molar-refractivity contribution in [3.63, 3.8) is 0 Å². The number of hydrogen-bond donors (Lipinski definition) is 3. The van der Waals surface area contributed by atoms with Crippen LogP contribution in [0.1, 0.15) is 42.4 Å². The molecule has 2 saturated heterocycles. The number of ether oxygens (including phenoxy) is 1. The Morgan fingerprint density at radius 3 is 2.40 bits per heavy atom. The topological polar surface area (TPSA) is 137 Å². The van der Waals surface area contributed by atoms with Crippen LogP contribution in [0.5, 0.6) is 5.88 Å². The van der Waals surface area contributed by atoms with Crippen molar-refractivity contribution < 1.29 is 24.2 Å². The molecule has 11 nitrogen and oxygen atoms in total. The van der Waals surface area contributed by atoms with Crippen LogP contribution in [0.25, 0.3) is 33.6 Å². The van der Waals surface area contributed by atoms with Crippen LogP contribution in [0.4, 0.5) is 4.79 Å². The fraction of sp³-hybridized carbons (Fsp3) is 0.342. The largest absolute Gasteiger partial charge is 0.481 e. The van der Waals surface area contributed by atoms with Gasteiger partial charge in [-0.05, 0) is 60.7 Å². The van der Waals surface area contributed by atoms with E-state index in [0.717, 1.165) is 42.6 Å². The molecule has 0 aliphatic carbocycles. The lowest BCUT2D eigenvalue weighted by Crippen LogP contribution is -2.41. The molecule has 0 radical (unpaired) electrons. The van der Waals surface area contributed by atoms with Crippen LogP contribution in [0.2, 0.25) is 15.1 Å². The molecule has 2 unspecified atom stereocenters. The number of benzene rings is 2. The number of carboxylic acid groups (broad SMARTS) is 1. The Balaban J connectivity index is 1.13. The maximum atomic E-state index is 12.1. The number of fused-ring (bicyclic) bond motifs is 1. The summed E-state index contributed by atoms with van der Waals surface area (Å²) in [6.45, 7) is 2.57. The summed E-state index contributed by atoms with van der Waals surface area (Å²) >= 11 is 21.1. The average Bonchev–Trinajstić information content (AvgIpc) is 3.74. The molecule has 4 aromatic rings. The average molecular weight is 764 g/mol. The molecule has 3 aliphatic rings. The zero-order valence-corrected chi connectivity index (χ0v) is 30.7. The minimum absolute atomic E-state index is 0.0341. The number of pyridine rings is 2. The second-order valence-corrected chi connectivity index (χ2v) is 14.6. The van der Waals surface area contributed by atoms with Crippen molar-refractivity contribution in [3.05, 3.63) is 86.5 Å². The van der Waals surface area contributed by atoms with Gasteiger partial charge < -0.3 is 25.4 Å². The number of carbonyl (C=O) groups is 3. The van der Waals surface area contributed by atoms with Gasteiger partial charge in [-0.2, -0.15) is 0 Å². The molecular weight excluding hydrogens is 727 g/mol. The third-order valence-electron chi connectivity index (χ3n) is 9.95. The van der Waals surface area contributed by atoms with E-state index in [1.807, 2.05) is 30.3 Å². The molecule has 5 heterocycles. The number of aromatic nitrogens is 2. The fourth-order valence-electron chi connectivity index (χ4n) is 7.30. The van der Waals surface area contributed by atoms with E-state index >= 15 is 0 Å². The molecule has 3 N–H and O–H groups in total. The molecule has 52 heavy (non-hydrogen) atoms. The predicted molar refractivity (Wildman–Crippen MR) is 200 cm³/mol. The third kappa shape index (κ3) is 7.54. The number of amides is 3. The normalized spacial score (nSPS) is 18.5. The van der Waals surface area contributed by atoms with Crippen LogP contribution in [0.3, 0.4) is 0 Å². The van der Waals surface area contributed by atoms with Gasteiger partial charge in [0.15, 0.2) is 0 Å². The van der Waals surface area contributed by atoms with Crippen molar-refractivity contribution >= 4 is 52.7 Å². The number of hydrogen-bond acceptors (Lipinski definition) is 7. The fourth-order valence-corrected chi connectivity index (χ4v) is 8.24. The number of rotatable bonds is 10. The maximum absolute atomic E-state index is 12.1. The van der Waals surface area contributed by atoms with Crippen molar-refractivity contribution in [2.45, 2.75) is 57.3 Å². The third-order valence-corrected chi connectivity index (χ3v) is 11.1. The second kappa shape index (κ2) is 15.3. The van der Waals surface area contributed by atoms with E-state index in [-0.39, 0.29) is 42.9 Å². The molecule has 3 aliphatic heterocycles. The summed E-state index contributed by atoms with van der Waals surface area (Å²) in [6.07, 6.45) is 3.82. The zero-order valence-electron chi connectivity index (χ0n) is 28.4. The number of carbonyl (C=O) groups excluding carboxylic acids is 2. The van der Waals surface area contributed by atoms with Crippen molar-refractivity contribution in [2.75, 3.05) is 26.7 Å². The number of halogens is 3. The summed E-state index contributed by atoms with van der Waals surface area (Å²) in [5.41, 5.74) is 6.76. The van der Waals surface area contributed by atoms with Crippen molar-refractivity contribution in [3.8, 4) is 39.5 Å². The van der Waals surface area contributed by atoms with Gasteiger partial charge in [-0.25, -0.2) is 9.78 Å². The van der Waals surface area contributed by atoms with Gasteiger partial charge in [-0.3, -0.25) is 19.5 Å². The van der Waals surface area contributed by atoms with E-state index in [9.17, 15) is 19.5 Å². The Labute approximate surface area is 316 Å². The molecule has 2 aromatic heterocycles. The van der Waals surface area contributed by atoms with E-state index in [4.69, 9.17) is 44.5 Å². The molecule has 3 amide bonds. The molecule has 0 bridgehead atoms. The minimum atomic E-state index is -1.10. The Kier molecular flexibility index (Phi) is 10.6. The summed E-state index contributed by atoms with van der Waals surface area (Å²) in [4.78, 5) is 48.4. The lowest BCUT2D eigenvalue weighted by molar-refractivity contribution is -0.120. The monoisotopic (exact) mass is 762 g/mol. The first-order valence-electron chi connectivity index (χ1n) is 17.2. The first-order chi connectivity index (χ1) is 25.1. The van der Waals surface area contributed by atoms with Crippen molar-refractivity contribution in [1.29, 1.82) is 0 Å². The molecule has 2 atom stereocenters. The SMILES string of the molecule is COc1nc(-c2cccc(-c3ccnc(-c4cc(Cl)c5c(c4)CCN(CC4CCC(=O)N4)C5)c3Cl)c2Cl)ccc1CN(CC1CCC(=O)N1)C(=O)O. The highest BCUT2D eigenvalue weighted by Crippen LogP contribution is 2.43. The van der Waals surface area contributed by atoms with Crippen LogP contribution in [-0.2, 0) is 29.1 Å². The van der Waals surface area contributed by atoms with Gasteiger partial charge in [-0.15, -0.1) is 0 Å². The Hall–Kier alpha value is -4.42. The molecule has 14 heteroatoms. The van der Waals surface area contributed by atoms with Crippen molar-refractivity contribution in [2.24, 2.45) is 0 Å². The zero-order chi connectivity index (χ0) is 36.5. The quantitative estimate of drug-likeness (QED) is 0.160. The molecule has 270 valence electrons. The van der Waals surface area contributed by atoms with Gasteiger partial charge in [0.25, 0.3) is 0 Å². The molecule has 2 aromatic carbocycles. The molecule has 0 spiro atoms. The van der Waals surface area contributed by atoms with E-state index in [0.29, 0.717) is 74.5 Å². The van der Waals surface area contributed by atoms with E-state index in [1.165, 1.54) is 12.0 Å². The minimum Gasteiger partial charge on any atom is -0.481 e. The van der Waals surface area contributed by atoms with E-state index < -0.39 is 6.09 Å². The van der Waals surface area contributed by atoms with Gasteiger partial charge in [0, 0.05) is 90.1 Å². The highest BCUT2D eigenvalue weighted by Gasteiger charge is 2.28. The Morgan fingerprint density at radius 1 is 0.962 bits per heavy atom. The molecule has 2 fully saturated rings. The summed E-state index contributed by atoms with van der Waals surface area (Å²) in [5.74, 6) is 0.306. The molecule has 7 rings (SSSR count). The number of methoxy groups -OCH3 is 1. The van der Waals surface area contributed by atoms with Gasteiger partial charge in [-0.1, -0.05) is 53.0 Å². The van der Waals surface area contributed by atoms with Gasteiger partial charge in [0.05, 0.1) is 35.1 Å². The summed E-state index contributed by atoms with van der Waals surface area (Å²) in [7, 11) is 1.48. The Bertz CT molecular complexity index is 2060. The lowest BCUT2D eigenvalue weighted by atomic mass is 9.94. The highest BCUT2D eigenvalue weighted by atomic mass is 35.5. The second-order valence-electron chi connectivity index (χ2n) is 13.4. The highest BCUT2D eigenvalue weighted by molar-refractivity contribution is 6.39. The van der Waals surface area contributed by atoms with Crippen LogP contribution >= 0.6 is 34.8 Å². The summed E-state index contributed by atoms with van der Waals surface area (Å²) < 4.78 is 5.60. The van der Waals surface area contributed by atoms with Crippen LogP contribution in [0.15, 0.2) is 54.7 Å². The van der Waals surface area contributed by atoms with Gasteiger partial charge >= 0.3 is 6.09 Å². The standard InChI is InChI=1S/C38H37Cl3N6O5/c1-52-37-22(17-47(38(50)51)19-25-7-10-33(49)44-25)5-8-31(45-37)28-4-2-3-26(34(28)40)27-11-13-42-36(35(27)41)23-15-21-12-14-46(20-29(21)30(39)16-23)18-24-6-9-32(48)43-24/h2-5,8,11,13,15-16,24-25H,6-7,9-10,12,14,17-20H2,1H3,(H,43,48)(H,44,49)(H,50,51). The first kappa shape index (κ1) is 36.0. The van der Waals surface area contributed by atoms with Crippen LogP contribution < -0.4 is 15.4 Å². The van der Waals surface area contributed by atoms with Gasteiger partial charge in [0.1, 0.15) is 0 Å². The lowest BCUT2D eigenvalue weighted by Gasteiger charge is -2.31. The number of nitrogens with zero attached hydrogens (tertiary/aromatic N) is 4. The van der Waals surface area contributed by atoms with E-state index in [1.54, 1.807) is 18.3 Å². The van der Waals surface area contributed by atoms with Gasteiger partial charge in [0.2, 0.25) is 17.7 Å². The van der Waals surface area contributed by atoms with Crippen LogP contribution in [0, 0.1) is 0 Å². The van der Waals surface area contributed by atoms with E-state index in [2.05, 4.69) is 26.6 Å². The maximum Gasteiger partial charge on any atom is 0.407 e. The first-order valence-corrected chi connectivity index (χ1v) is 18.3. The summed E-state index contributed by atoms with van der Waals surface area (Å²) in [5, 5.41) is 17.3. The molecule has 0 saturated carbocycles. The predicted octanol–water partition coefficient (Wildman–Crippen LogP) is 6.84.